The number of amides is 2. The van der Waals surface area contributed by atoms with Gasteiger partial charge in [0.25, 0.3) is 11.8 Å². The van der Waals surface area contributed by atoms with E-state index in [0.717, 1.165) is 37.2 Å². The molecule has 5 heteroatoms. The highest BCUT2D eigenvalue weighted by atomic mass is 16.2. The molecule has 0 aromatic heterocycles. The highest BCUT2D eigenvalue weighted by Crippen LogP contribution is 2.18. The number of nitrogens with zero attached hydrogens (tertiary/aromatic N) is 1. The van der Waals surface area contributed by atoms with E-state index in [4.69, 9.17) is 0 Å². The van der Waals surface area contributed by atoms with Crippen LogP contribution in [-0.2, 0) is 4.79 Å². The number of benzene rings is 2. The highest BCUT2D eigenvalue weighted by molar-refractivity contribution is 6.05. The summed E-state index contributed by atoms with van der Waals surface area (Å²) in [4.78, 5) is 27.6. The molecular weight excluding hydrogens is 362 g/mol. The number of nitrogens with one attached hydrogen (secondary N) is 2. The summed E-state index contributed by atoms with van der Waals surface area (Å²) in [6.45, 7) is 8.67. The number of carbonyl (C=O) groups is 2. The maximum atomic E-state index is 12.7. The van der Waals surface area contributed by atoms with Crippen molar-refractivity contribution in [2.75, 3.05) is 24.5 Å². The lowest BCUT2D eigenvalue weighted by Crippen LogP contribution is -2.35. The Hall–Kier alpha value is -3.08. The topological polar surface area (TPSA) is 61.4 Å². The van der Waals surface area contributed by atoms with Gasteiger partial charge >= 0.3 is 0 Å². The van der Waals surface area contributed by atoms with Crippen LogP contribution in [0.15, 0.2) is 60.3 Å². The van der Waals surface area contributed by atoms with Crippen LogP contribution in [0.5, 0.6) is 0 Å². The van der Waals surface area contributed by atoms with Crippen LogP contribution in [0.2, 0.25) is 0 Å². The van der Waals surface area contributed by atoms with Crippen molar-refractivity contribution in [3.63, 3.8) is 0 Å². The lowest BCUT2D eigenvalue weighted by molar-refractivity contribution is -0.117. The van der Waals surface area contributed by atoms with Crippen molar-refractivity contribution in [2.24, 2.45) is 0 Å². The first-order valence-corrected chi connectivity index (χ1v) is 10.3. The van der Waals surface area contributed by atoms with Gasteiger partial charge in [0.1, 0.15) is 5.70 Å². The van der Waals surface area contributed by atoms with Crippen LogP contribution in [-0.4, -0.2) is 31.4 Å². The van der Waals surface area contributed by atoms with Gasteiger partial charge in [-0.25, -0.2) is 0 Å². The predicted octanol–water partition coefficient (Wildman–Crippen LogP) is 4.22. The van der Waals surface area contributed by atoms with Gasteiger partial charge in [0.05, 0.1) is 0 Å². The average molecular weight is 394 g/mol. The van der Waals surface area contributed by atoms with Gasteiger partial charge in [0, 0.05) is 30.9 Å². The summed E-state index contributed by atoms with van der Waals surface area (Å²) in [5.74, 6) is -0.585. The summed E-state index contributed by atoms with van der Waals surface area (Å²) in [6, 6.07) is 16.9. The molecular formula is C24H31N3O2. The predicted molar refractivity (Wildman–Crippen MR) is 120 cm³/mol. The van der Waals surface area contributed by atoms with E-state index < -0.39 is 0 Å². The van der Waals surface area contributed by atoms with Crippen molar-refractivity contribution in [3.8, 4) is 0 Å². The molecule has 0 atom stereocenters. The fraction of sp³-hybridized carbons (Fsp3) is 0.333. The van der Waals surface area contributed by atoms with E-state index >= 15 is 0 Å². The van der Waals surface area contributed by atoms with Crippen molar-refractivity contribution in [2.45, 2.75) is 33.6 Å². The largest absolute Gasteiger partial charge is 0.372 e. The first-order chi connectivity index (χ1) is 14.1. The Labute approximate surface area is 173 Å². The van der Waals surface area contributed by atoms with Crippen LogP contribution in [0.1, 0.15) is 49.5 Å². The summed E-state index contributed by atoms with van der Waals surface area (Å²) in [6.07, 6.45) is 3.61. The van der Waals surface area contributed by atoms with Crippen LogP contribution in [0.3, 0.4) is 0 Å². The smallest absolute Gasteiger partial charge is 0.267 e. The van der Waals surface area contributed by atoms with Gasteiger partial charge in [-0.05, 0) is 56.2 Å². The fourth-order valence-corrected chi connectivity index (χ4v) is 2.98. The summed E-state index contributed by atoms with van der Waals surface area (Å²) in [5.41, 5.74) is 2.70. The average Bonchev–Trinajstić information content (AvgIpc) is 2.75. The molecule has 0 unspecified atom stereocenters. The number of carbonyl (C=O) groups excluding carboxylic acids is 2. The molecule has 0 aliphatic carbocycles. The molecule has 2 rings (SSSR count). The van der Waals surface area contributed by atoms with E-state index in [2.05, 4.69) is 36.3 Å². The maximum absolute atomic E-state index is 12.7. The van der Waals surface area contributed by atoms with Gasteiger partial charge in [0.15, 0.2) is 0 Å². The second-order valence-electron chi connectivity index (χ2n) is 6.75. The molecule has 2 aromatic rings. The summed E-state index contributed by atoms with van der Waals surface area (Å²) in [5, 5.41) is 5.67. The molecule has 0 heterocycles. The number of hydrogen-bond donors (Lipinski definition) is 2. The zero-order chi connectivity index (χ0) is 21.1. The molecule has 0 aliphatic rings. The third-order valence-electron chi connectivity index (χ3n) is 4.65. The molecule has 0 radical (unpaired) electrons. The Kier molecular flexibility index (Phi) is 8.96. The zero-order valence-electron chi connectivity index (χ0n) is 17.6. The molecule has 0 fully saturated rings. The molecule has 2 N–H and O–H groups in total. The lowest BCUT2D eigenvalue weighted by Gasteiger charge is -2.21. The normalized spacial score (nSPS) is 11.1. The van der Waals surface area contributed by atoms with Crippen LogP contribution >= 0.6 is 0 Å². The van der Waals surface area contributed by atoms with Gasteiger partial charge in [0.2, 0.25) is 0 Å². The van der Waals surface area contributed by atoms with Gasteiger partial charge in [-0.1, -0.05) is 43.7 Å². The van der Waals surface area contributed by atoms with Crippen LogP contribution < -0.4 is 15.5 Å². The molecule has 29 heavy (non-hydrogen) atoms. The second kappa shape index (κ2) is 11.7. The molecule has 154 valence electrons. The summed E-state index contributed by atoms with van der Waals surface area (Å²) >= 11 is 0. The minimum atomic E-state index is -0.303. The molecule has 2 aromatic carbocycles. The Balaban J connectivity index is 2.29. The first kappa shape index (κ1) is 22.2. The second-order valence-corrected chi connectivity index (χ2v) is 6.75. The molecule has 0 aliphatic heterocycles. The molecule has 0 spiro atoms. The van der Waals surface area contributed by atoms with Crippen LogP contribution in [0.4, 0.5) is 5.69 Å². The van der Waals surface area contributed by atoms with E-state index in [-0.39, 0.29) is 17.5 Å². The van der Waals surface area contributed by atoms with E-state index in [1.807, 2.05) is 30.3 Å². The monoisotopic (exact) mass is 393 g/mol. The Bertz CT molecular complexity index is 827. The Morgan fingerprint density at radius 3 is 2.34 bits per heavy atom. The minimum Gasteiger partial charge on any atom is -0.372 e. The standard InChI is InChI=1S/C24H31N3O2/c1-4-7-16-25-24(29)22(26-23(28)20-13-9-8-10-14-20)18-19-12-11-15-21(17-19)27(5-2)6-3/h8-15,17-18H,4-7,16H2,1-3H3,(H,25,29)(H,26,28)/b22-18+. The van der Waals surface area contributed by atoms with E-state index in [1.54, 1.807) is 30.3 Å². The fourth-order valence-electron chi connectivity index (χ4n) is 2.98. The van der Waals surface area contributed by atoms with E-state index in [0.29, 0.717) is 12.1 Å². The van der Waals surface area contributed by atoms with Crippen molar-refractivity contribution < 1.29 is 9.59 Å². The number of anilines is 1. The van der Waals surface area contributed by atoms with E-state index in [9.17, 15) is 9.59 Å². The number of unbranched alkanes of at least 4 members (excludes halogenated alkanes) is 1. The highest BCUT2D eigenvalue weighted by Gasteiger charge is 2.14. The molecule has 0 bridgehead atoms. The van der Waals surface area contributed by atoms with Crippen LogP contribution in [0.25, 0.3) is 6.08 Å². The van der Waals surface area contributed by atoms with Gasteiger partial charge in [-0.15, -0.1) is 0 Å². The van der Waals surface area contributed by atoms with Crippen molar-refractivity contribution >= 4 is 23.6 Å². The Morgan fingerprint density at radius 1 is 0.966 bits per heavy atom. The van der Waals surface area contributed by atoms with Gasteiger partial charge in [-0.2, -0.15) is 0 Å². The first-order valence-electron chi connectivity index (χ1n) is 10.3. The Morgan fingerprint density at radius 2 is 1.69 bits per heavy atom. The minimum absolute atomic E-state index is 0.242. The van der Waals surface area contributed by atoms with E-state index in [1.165, 1.54) is 0 Å². The summed E-state index contributed by atoms with van der Waals surface area (Å²) < 4.78 is 0. The van der Waals surface area contributed by atoms with Gasteiger partial charge in [-0.3, -0.25) is 9.59 Å². The molecule has 0 saturated carbocycles. The van der Waals surface area contributed by atoms with Crippen molar-refractivity contribution in [3.05, 3.63) is 71.4 Å². The SMILES string of the molecule is CCCCNC(=O)/C(=C\c1cccc(N(CC)CC)c1)NC(=O)c1ccccc1. The third-order valence-corrected chi connectivity index (χ3v) is 4.65. The number of hydrogen-bond acceptors (Lipinski definition) is 3. The number of rotatable bonds is 10. The molecule has 5 nitrogen and oxygen atoms in total. The maximum Gasteiger partial charge on any atom is 0.267 e. The van der Waals surface area contributed by atoms with Crippen LogP contribution in [0, 0.1) is 0 Å². The molecule has 2 amide bonds. The summed E-state index contributed by atoms with van der Waals surface area (Å²) in [7, 11) is 0. The van der Waals surface area contributed by atoms with Crippen molar-refractivity contribution in [1.29, 1.82) is 0 Å². The quantitative estimate of drug-likeness (QED) is 0.469. The lowest BCUT2D eigenvalue weighted by atomic mass is 10.1. The molecule has 0 saturated heterocycles. The van der Waals surface area contributed by atoms with Gasteiger partial charge < -0.3 is 15.5 Å². The zero-order valence-corrected chi connectivity index (χ0v) is 17.6. The third kappa shape index (κ3) is 6.79. The van der Waals surface area contributed by atoms with Crippen molar-refractivity contribution in [1.82, 2.24) is 10.6 Å².